The Morgan fingerprint density at radius 3 is 2.41 bits per heavy atom. The maximum absolute atomic E-state index is 12.2. The summed E-state index contributed by atoms with van der Waals surface area (Å²) in [7, 11) is -2.34. The maximum atomic E-state index is 12.2. The molecule has 0 atom stereocenters. The van der Waals surface area contributed by atoms with Gasteiger partial charge in [0.25, 0.3) is 0 Å². The Balaban J connectivity index is 1.80. The molecule has 0 aliphatic carbocycles. The fourth-order valence-corrected chi connectivity index (χ4v) is 3.65. The number of ether oxygens (including phenoxy) is 2. The van der Waals surface area contributed by atoms with Crippen molar-refractivity contribution in [3.05, 3.63) is 41.3 Å². The van der Waals surface area contributed by atoms with Gasteiger partial charge in [-0.3, -0.25) is 9.59 Å². The van der Waals surface area contributed by atoms with Crippen molar-refractivity contribution in [2.24, 2.45) is 0 Å². The number of Topliss-reactive ketones (excluding diaryl/α,β-unsaturated/α-hetero) is 1. The predicted octanol–water partition coefficient (Wildman–Crippen LogP) is 1.39. The van der Waals surface area contributed by atoms with Gasteiger partial charge in [-0.1, -0.05) is 5.16 Å². The molecule has 0 spiro atoms. The zero-order valence-electron chi connectivity index (χ0n) is 15.1. The predicted molar refractivity (Wildman–Crippen MR) is 94.1 cm³/mol. The third-order valence-corrected chi connectivity index (χ3v) is 5.34. The van der Waals surface area contributed by atoms with E-state index in [2.05, 4.69) is 9.88 Å². The number of ketones is 1. The van der Waals surface area contributed by atoms with Crippen LogP contribution in [0.3, 0.4) is 0 Å². The number of aryl methyl sites for hydroxylation is 2. The number of benzene rings is 1. The third-order valence-electron chi connectivity index (χ3n) is 3.63. The Labute approximate surface area is 156 Å². The summed E-state index contributed by atoms with van der Waals surface area (Å²) < 4.78 is 41.4. The van der Waals surface area contributed by atoms with Crippen molar-refractivity contribution in [1.29, 1.82) is 0 Å². The van der Waals surface area contributed by atoms with Gasteiger partial charge < -0.3 is 14.0 Å². The Morgan fingerprint density at radius 1 is 1.19 bits per heavy atom. The van der Waals surface area contributed by atoms with E-state index in [9.17, 15) is 18.0 Å². The highest BCUT2D eigenvalue weighted by Crippen LogP contribution is 2.18. The fraction of sp³-hybridized carbons (Fsp3) is 0.353. The molecular formula is C17H20N2O7S. The lowest BCUT2D eigenvalue weighted by molar-refractivity contribution is -0.142. The molecule has 0 fully saturated rings. The van der Waals surface area contributed by atoms with E-state index in [4.69, 9.17) is 14.0 Å². The summed E-state index contributed by atoms with van der Waals surface area (Å²) >= 11 is 0. The van der Waals surface area contributed by atoms with Gasteiger partial charge in [-0.15, -0.1) is 0 Å². The van der Waals surface area contributed by atoms with Crippen LogP contribution >= 0.6 is 0 Å². The standard InChI is InChI=1S/C17H20N2O7S/c1-11-17(12(2)26-19-11)27(22,23)18-9-8-16(21)25-10-15(20)13-4-6-14(24-3)7-5-13/h4-7,18H,8-10H2,1-3H3. The minimum absolute atomic E-state index is 0.0504. The normalized spacial score (nSPS) is 11.2. The number of nitrogens with one attached hydrogen (secondary N) is 1. The molecule has 27 heavy (non-hydrogen) atoms. The minimum atomic E-state index is -3.85. The van der Waals surface area contributed by atoms with E-state index in [0.717, 1.165) is 0 Å². The summed E-state index contributed by atoms with van der Waals surface area (Å²) in [5, 5.41) is 3.58. The molecule has 146 valence electrons. The van der Waals surface area contributed by atoms with Gasteiger partial charge in [0.2, 0.25) is 10.0 Å². The van der Waals surface area contributed by atoms with Crippen LogP contribution < -0.4 is 9.46 Å². The molecule has 0 aliphatic rings. The van der Waals surface area contributed by atoms with E-state index in [1.165, 1.54) is 21.0 Å². The molecule has 0 saturated carbocycles. The van der Waals surface area contributed by atoms with E-state index < -0.39 is 22.6 Å². The lowest BCUT2D eigenvalue weighted by Gasteiger charge is -2.07. The molecule has 9 nitrogen and oxygen atoms in total. The van der Waals surface area contributed by atoms with Crippen LogP contribution in [0.5, 0.6) is 5.75 Å². The van der Waals surface area contributed by atoms with Crippen molar-refractivity contribution >= 4 is 21.8 Å². The second-order valence-electron chi connectivity index (χ2n) is 5.61. The molecule has 0 aliphatic heterocycles. The molecule has 1 aromatic carbocycles. The first-order valence-electron chi connectivity index (χ1n) is 8.00. The van der Waals surface area contributed by atoms with Crippen LogP contribution in [0, 0.1) is 13.8 Å². The number of sulfonamides is 1. The SMILES string of the molecule is COc1ccc(C(=O)COC(=O)CCNS(=O)(=O)c2c(C)noc2C)cc1. The highest BCUT2D eigenvalue weighted by molar-refractivity contribution is 7.89. The van der Waals surface area contributed by atoms with Crippen molar-refractivity contribution < 1.29 is 32.0 Å². The Kier molecular flexibility index (Phi) is 6.70. The van der Waals surface area contributed by atoms with Crippen molar-refractivity contribution in [2.45, 2.75) is 25.2 Å². The first kappa shape index (κ1) is 20.6. The van der Waals surface area contributed by atoms with Crippen LogP contribution in [-0.4, -0.2) is 45.6 Å². The summed E-state index contributed by atoms with van der Waals surface area (Å²) in [4.78, 5) is 23.6. The molecule has 0 bridgehead atoms. The summed E-state index contributed by atoms with van der Waals surface area (Å²) in [5.74, 6) is -0.303. The quantitative estimate of drug-likeness (QED) is 0.498. The number of carbonyl (C=O) groups is 2. The first-order valence-corrected chi connectivity index (χ1v) is 9.48. The van der Waals surface area contributed by atoms with E-state index in [-0.39, 0.29) is 35.1 Å². The maximum Gasteiger partial charge on any atom is 0.307 e. The second-order valence-corrected chi connectivity index (χ2v) is 7.32. The lowest BCUT2D eigenvalue weighted by atomic mass is 10.1. The van der Waals surface area contributed by atoms with Gasteiger partial charge in [0.05, 0.1) is 13.5 Å². The summed E-state index contributed by atoms with van der Waals surface area (Å²) in [6.07, 6.45) is -0.224. The largest absolute Gasteiger partial charge is 0.497 e. The van der Waals surface area contributed by atoms with Gasteiger partial charge in [0, 0.05) is 12.1 Å². The van der Waals surface area contributed by atoms with Gasteiger partial charge in [0.1, 0.15) is 16.3 Å². The number of hydrogen-bond acceptors (Lipinski definition) is 8. The molecule has 2 rings (SSSR count). The van der Waals surface area contributed by atoms with Crippen molar-refractivity contribution in [3.63, 3.8) is 0 Å². The Hall–Kier alpha value is -2.72. The van der Waals surface area contributed by atoms with E-state index >= 15 is 0 Å². The molecule has 2 aromatic rings. The van der Waals surface area contributed by atoms with E-state index in [1.807, 2.05) is 0 Å². The van der Waals surface area contributed by atoms with Gasteiger partial charge in [-0.25, -0.2) is 13.1 Å². The Morgan fingerprint density at radius 2 is 1.85 bits per heavy atom. The monoisotopic (exact) mass is 396 g/mol. The second kappa shape index (κ2) is 8.78. The average molecular weight is 396 g/mol. The fourth-order valence-electron chi connectivity index (χ4n) is 2.30. The van der Waals surface area contributed by atoms with Crippen LogP contribution in [-0.2, 0) is 19.6 Å². The molecule has 0 radical (unpaired) electrons. The van der Waals surface area contributed by atoms with Crippen LogP contribution in [0.15, 0.2) is 33.7 Å². The molecular weight excluding hydrogens is 376 g/mol. The van der Waals surface area contributed by atoms with Crippen LogP contribution in [0.25, 0.3) is 0 Å². The molecule has 1 aromatic heterocycles. The Bertz CT molecular complexity index is 898. The molecule has 0 amide bonds. The van der Waals surface area contributed by atoms with E-state index in [0.29, 0.717) is 11.3 Å². The minimum Gasteiger partial charge on any atom is -0.497 e. The van der Waals surface area contributed by atoms with Crippen LogP contribution in [0.1, 0.15) is 28.2 Å². The smallest absolute Gasteiger partial charge is 0.307 e. The summed E-state index contributed by atoms with van der Waals surface area (Å²) in [5.41, 5.74) is 0.607. The molecule has 0 unspecified atom stereocenters. The van der Waals surface area contributed by atoms with Crippen molar-refractivity contribution in [3.8, 4) is 5.75 Å². The number of methoxy groups -OCH3 is 1. The number of nitrogens with zero attached hydrogens (tertiary/aromatic N) is 1. The lowest BCUT2D eigenvalue weighted by Crippen LogP contribution is -2.28. The van der Waals surface area contributed by atoms with Gasteiger partial charge in [-0.2, -0.15) is 0 Å². The zero-order valence-corrected chi connectivity index (χ0v) is 16.0. The third kappa shape index (κ3) is 5.38. The molecule has 0 saturated heterocycles. The number of carbonyl (C=O) groups excluding carboxylic acids is 2. The number of esters is 1. The molecule has 10 heteroatoms. The summed E-state index contributed by atoms with van der Waals surface area (Å²) in [6, 6.07) is 6.37. The van der Waals surface area contributed by atoms with Crippen molar-refractivity contribution in [1.82, 2.24) is 9.88 Å². The van der Waals surface area contributed by atoms with Gasteiger partial charge in [-0.05, 0) is 38.1 Å². The van der Waals surface area contributed by atoms with Gasteiger partial charge in [0.15, 0.2) is 18.2 Å². The molecule has 1 N–H and O–H groups in total. The number of hydrogen-bond donors (Lipinski definition) is 1. The molecule has 1 heterocycles. The van der Waals surface area contributed by atoms with Crippen LogP contribution in [0.4, 0.5) is 0 Å². The zero-order chi connectivity index (χ0) is 20.0. The summed E-state index contributed by atoms with van der Waals surface area (Å²) in [6.45, 7) is 2.38. The van der Waals surface area contributed by atoms with Gasteiger partial charge >= 0.3 is 5.97 Å². The first-order chi connectivity index (χ1) is 12.7. The van der Waals surface area contributed by atoms with Crippen molar-refractivity contribution in [2.75, 3.05) is 20.3 Å². The average Bonchev–Trinajstić information content (AvgIpc) is 2.98. The number of aromatic nitrogens is 1. The highest BCUT2D eigenvalue weighted by Gasteiger charge is 2.24. The van der Waals surface area contributed by atoms with E-state index in [1.54, 1.807) is 24.3 Å². The topological polar surface area (TPSA) is 125 Å². The van der Waals surface area contributed by atoms with Crippen LogP contribution in [0.2, 0.25) is 0 Å². The number of rotatable bonds is 9. The highest BCUT2D eigenvalue weighted by atomic mass is 32.2.